The van der Waals surface area contributed by atoms with Crippen LogP contribution in [-0.4, -0.2) is 4.98 Å². The number of thiophene rings is 1. The van der Waals surface area contributed by atoms with Crippen molar-refractivity contribution in [3.05, 3.63) is 69.1 Å². The molecule has 1 N–H and O–H groups in total. The molecule has 0 fully saturated rings. The Morgan fingerprint density at radius 2 is 1.95 bits per heavy atom. The van der Waals surface area contributed by atoms with Crippen LogP contribution in [-0.2, 0) is 0 Å². The molecule has 108 valence electrons. The average Bonchev–Trinajstić information content (AvgIpc) is 2.93. The summed E-state index contributed by atoms with van der Waals surface area (Å²) >= 11 is 1.52. The van der Waals surface area contributed by atoms with E-state index in [1.165, 1.54) is 17.4 Å². The molecule has 0 aliphatic rings. The molecular weight excluding hydrogens is 299 g/mol. The Morgan fingerprint density at radius 3 is 2.59 bits per heavy atom. The van der Waals surface area contributed by atoms with E-state index in [4.69, 9.17) is 0 Å². The minimum atomic E-state index is -0.510. The van der Waals surface area contributed by atoms with Crippen molar-refractivity contribution in [3.63, 3.8) is 0 Å². The van der Waals surface area contributed by atoms with E-state index in [0.29, 0.717) is 11.3 Å². The summed E-state index contributed by atoms with van der Waals surface area (Å²) < 4.78 is 14.0. The monoisotopic (exact) mass is 310 g/mol. The van der Waals surface area contributed by atoms with Crippen LogP contribution in [0.3, 0.4) is 0 Å². The van der Waals surface area contributed by atoms with Crippen molar-refractivity contribution >= 4 is 11.3 Å². The summed E-state index contributed by atoms with van der Waals surface area (Å²) in [6, 6.07) is 13.5. The van der Waals surface area contributed by atoms with Gasteiger partial charge in [-0.1, -0.05) is 18.2 Å². The number of aromatic nitrogens is 1. The van der Waals surface area contributed by atoms with Gasteiger partial charge in [-0.2, -0.15) is 5.26 Å². The minimum absolute atomic E-state index is 0.0814. The number of pyridine rings is 1. The number of hydrogen-bond acceptors (Lipinski definition) is 3. The van der Waals surface area contributed by atoms with E-state index in [1.54, 1.807) is 24.3 Å². The van der Waals surface area contributed by atoms with Gasteiger partial charge in [0.15, 0.2) is 0 Å². The van der Waals surface area contributed by atoms with Gasteiger partial charge < -0.3 is 4.98 Å². The van der Waals surface area contributed by atoms with E-state index in [9.17, 15) is 14.4 Å². The van der Waals surface area contributed by atoms with Gasteiger partial charge in [-0.05, 0) is 31.2 Å². The second kappa shape index (κ2) is 5.58. The molecule has 0 atom stereocenters. The summed E-state index contributed by atoms with van der Waals surface area (Å²) in [6.45, 7) is 1.97. The number of benzene rings is 1. The van der Waals surface area contributed by atoms with Crippen LogP contribution in [0.2, 0.25) is 0 Å². The Hall–Kier alpha value is -2.71. The number of aryl methyl sites for hydroxylation is 1. The van der Waals surface area contributed by atoms with E-state index >= 15 is 0 Å². The van der Waals surface area contributed by atoms with Crippen LogP contribution in [0.1, 0.15) is 10.4 Å². The zero-order valence-electron chi connectivity index (χ0n) is 11.7. The maximum atomic E-state index is 14.0. The molecule has 0 saturated heterocycles. The van der Waals surface area contributed by atoms with E-state index in [0.717, 1.165) is 9.75 Å². The third-order valence-corrected chi connectivity index (χ3v) is 4.35. The van der Waals surface area contributed by atoms with Gasteiger partial charge in [-0.25, -0.2) is 4.39 Å². The van der Waals surface area contributed by atoms with Crippen LogP contribution < -0.4 is 5.56 Å². The van der Waals surface area contributed by atoms with Crippen LogP contribution in [0, 0.1) is 24.1 Å². The number of hydrogen-bond donors (Lipinski definition) is 1. The molecule has 0 amide bonds. The van der Waals surface area contributed by atoms with Crippen LogP contribution in [0.15, 0.2) is 47.3 Å². The zero-order valence-corrected chi connectivity index (χ0v) is 12.5. The fourth-order valence-corrected chi connectivity index (χ4v) is 3.11. The topological polar surface area (TPSA) is 56.6 Å². The van der Waals surface area contributed by atoms with Crippen molar-refractivity contribution < 1.29 is 4.39 Å². The first-order valence-corrected chi connectivity index (χ1v) is 7.41. The molecule has 22 heavy (non-hydrogen) atoms. The number of nitrogens with zero attached hydrogens (tertiary/aromatic N) is 1. The predicted molar refractivity (Wildman–Crippen MR) is 85.2 cm³/mol. The van der Waals surface area contributed by atoms with Crippen molar-refractivity contribution in [2.45, 2.75) is 6.92 Å². The molecule has 0 spiro atoms. The summed E-state index contributed by atoms with van der Waals surface area (Å²) in [7, 11) is 0. The standard InChI is InChI=1S/C17H11FN2OS/c1-10-6-7-16(22-10)15-8-12(13(9-19)17(21)20-15)11-4-2-3-5-14(11)18/h2-8H,1H3,(H,20,21). The van der Waals surface area contributed by atoms with Crippen LogP contribution in [0.5, 0.6) is 0 Å². The van der Waals surface area contributed by atoms with Gasteiger partial charge in [-0.15, -0.1) is 11.3 Å². The summed E-state index contributed by atoms with van der Waals surface area (Å²) in [5, 5.41) is 9.23. The Balaban J connectivity index is 2.29. The SMILES string of the molecule is Cc1ccc(-c2cc(-c3ccccc3F)c(C#N)c(=O)[nH]2)s1. The molecule has 1 aromatic carbocycles. The summed E-state index contributed by atoms with van der Waals surface area (Å²) in [5.74, 6) is -0.460. The lowest BCUT2D eigenvalue weighted by Gasteiger charge is -2.07. The van der Waals surface area contributed by atoms with Gasteiger partial charge in [0.1, 0.15) is 17.4 Å². The molecule has 2 heterocycles. The summed E-state index contributed by atoms with van der Waals surface area (Å²) in [4.78, 5) is 16.8. The molecule has 3 nitrogen and oxygen atoms in total. The first kappa shape index (κ1) is 14.2. The number of aromatic amines is 1. The lowest BCUT2D eigenvalue weighted by atomic mass is 10.00. The number of halogens is 1. The smallest absolute Gasteiger partial charge is 0.266 e. The maximum absolute atomic E-state index is 14.0. The highest BCUT2D eigenvalue weighted by Crippen LogP contribution is 2.31. The quantitative estimate of drug-likeness (QED) is 0.775. The van der Waals surface area contributed by atoms with Crippen molar-refractivity contribution in [3.8, 4) is 27.8 Å². The molecule has 0 bridgehead atoms. The first-order valence-electron chi connectivity index (χ1n) is 6.59. The number of nitriles is 1. The summed E-state index contributed by atoms with van der Waals surface area (Å²) in [6.07, 6.45) is 0. The van der Waals surface area contributed by atoms with Crippen molar-refractivity contribution in [1.29, 1.82) is 5.26 Å². The molecule has 0 saturated carbocycles. The van der Waals surface area contributed by atoms with E-state index in [2.05, 4.69) is 4.98 Å². The molecule has 0 aliphatic carbocycles. The lowest BCUT2D eigenvalue weighted by Crippen LogP contribution is -2.12. The van der Waals surface area contributed by atoms with Gasteiger partial charge in [0.25, 0.3) is 5.56 Å². The fourth-order valence-electron chi connectivity index (χ4n) is 2.27. The Labute approximate surface area is 130 Å². The molecule has 3 aromatic rings. The maximum Gasteiger partial charge on any atom is 0.266 e. The predicted octanol–water partition coefficient (Wildman–Crippen LogP) is 4.09. The highest BCUT2D eigenvalue weighted by molar-refractivity contribution is 7.15. The van der Waals surface area contributed by atoms with Gasteiger partial charge in [0.2, 0.25) is 0 Å². The highest BCUT2D eigenvalue weighted by Gasteiger charge is 2.15. The van der Waals surface area contributed by atoms with E-state index < -0.39 is 11.4 Å². The van der Waals surface area contributed by atoms with Crippen LogP contribution in [0.25, 0.3) is 21.7 Å². The summed E-state index contributed by atoms with van der Waals surface area (Å²) in [5.41, 5.74) is 0.553. The Bertz CT molecular complexity index is 950. The average molecular weight is 310 g/mol. The third kappa shape index (κ3) is 2.45. The number of H-pyrrole nitrogens is 1. The van der Waals surface area contributed by atoms with E-state index in [1.807, 2.05) is 25.1 Å². The normalized spacial score (nSPS) is 10.4. The fraction of sp³-hybridized carbons (Fsp3) is 0.0588. The second-order valence-electron chi connectivity index (χ2n) is 4.80. The largest absolute Gasteiger partial charge is 0.320 e. The molecule has 5 heteroatoms. The number of nitrogens with one attached hydrogen (secondary N) is 1. The molecular formula is C17H11FN2OS. The van der Waals surface area contributed by atoms with Gasteiger partial charge in [0.05, 0.1) is 10.6 Å². The Kier molecular flexibility index (Phi) is 3.61. The van der Waals surface area contributed by atoms with Gasteiger partial charge in [0, 0.05) is 16.0 Å². The van der Waals surface area contributed by atoms with Gasteiger partial charge >= 0.3 is 0 Å². The molecule has 3 rings (SSSR count). The molecule has 0 unspecified atom stereocenters. The zero-order chi connectivity index (χ0) is 15.7. The van der Waals surface area contributed by atoms with Crippen molar-refractivity contribution in [2.75, 3.05) is 0 Å². The van der Waals surface area contributed by atoms with Crippen LogP contribution in [0.4, 0.5) is 4.39 Å². The van der Waals surface area contributed by atoms with Crippen LogP contribution >= 0.6 is 11.3 Å². The third-order valence-electron chi connectivity index (χ3n) is 3.31. The molecule has 2 aromatic heterocycles. The molecule has 0 radical (unpaired) electrons. The second-order valence-corrected chi connectivity index (χ2v) is 6.09. The lowest BCUT2D eigenvalue weighted by molar-refractivity contribution is 0.631. The van der Waals surface area contributed by atoms with Crippen molar-refractivity contribution in [2.24, 2.45) is 0 Å². The van der Waals surface area contributed by atoms with Crippen molar-refractivity contribution in [1.82, 2.24) is 4.98 Å². The first-order chi connectivity index (χ1) is 10.6. The molecule has 0 aliphatic heterocycles. The number of rotatable bonds is 2. The Morgan fingerprint density at radius 1 is 1.18 bits per heavy atom. The van der Waals surface area contributed by atoms with E-state index in [-0.39, 0.29) is 11.1 Å². The van der Waals surface area contributed by atoms with Gasteiger partial charge in [-0.3, -0.25) is 4.79 Å². The highest BCUT2D eigenvalue weighted by atomic mass is 32.1. The minimum Gasteiger partial charge on any atom is -0.320 e.